The predicted octanol–water partition coefficient (Wildman–Crippen LogP) is 1.40. The summed E-state index contributed by atoms with van der Waals surface area (Å²) in [5.41, 5.74) is 5.64. The van der Waals surface area contributed by atoms with Crippen molar-refractivity contribution in [1.29, 1.82) is 0 Å². The highest BCUT2D eigenvalue weighted by molar-refractivity contribution is 5.81. The molecular weight excluding hydrogens is 235 g/mol. The first-order valence-corrected chi connectivity index (χ1v) is 5.93. The molecule has 100 valence electrons. The Bertz CT molecular complexity index is 398. The summed E-state index contributed by atoms with van der Waals surface area (Å²) in [4.78, 5) is 13.2. The molecule has 0 unspecified atom stereocenters. The van der Waals surface area contributed by atoms with Gasteiger partial charge in [-0.1, -0.05) is 13.0 Å². The molecule has 0 radical (unpaired) electrons. The quantitative estimate of drug-likeness (QED) is 0.835. The highest BCUT2D eigenvalue weighted by atomic mass is 19.1. The van der Waals surface area contributed by atoms with E-state index in [1.807, 2.05) is 6.92 Å². The van der Waals surface area contributed by atoms with E-state index in [0.717, 1.165) is 0 Å². The van der Waals surface area contributed by atoms with Crippen LogP contribution in [0.5, 0.6) is 5.75 Å². The molecule has 0 spiro atoms. The highest BCUT2D eigenvalue weighted by Crippen LogP contribution is 2.11. The number of rotatable bonds is 6. The van der Waals surface area contributed by atoms with E-state index < -0.39 is 6.04 Å². The normalized spacial score (nSPS) is 12.0. The molecule has 0 heterocycles. The largest absolute Gasteiger partial charge is 0.492 e. The molecule has 2 N–H and O–H groups in total. The third-order valence-electron chi connectivity index (χ3n) is 2.62. The third-order valence-corrected chi connectivity index (χ3v) is 2.62. The molecule has 1 rings (SSSR count). The van der Waals surface area contributed by atoms with E-state index in [1.54, 1.807) is 19.2 Å². The van der Waals surface area contributed by atoms with Gasteiger partial charge in [-0.15, -0.1) is 0 Å². The Morgan fingerprint density at radius 2 is 2.28 bits per heavy atom. The van der Waals surface area contributed by atoms with E-state index in [9.17, 15) is 9.18 Å². The molecule has 0 aliphatic carbocycles. The minimum Gasteiger partial charge on any atom is -0.492 e. The van der Waals surface area contributed by atoms with Crippen molar-refractivity contribution in [3.8, 4) is 5.75 Å². The zero-order valence-corrected chi connectivity index (χ0v) is 10.7. The summed E-state index contributed by atoms with van der Waals surface area (Å²) < 4.78 is 18.2. The summed E-state index contributed by atoms with van der Waals surface area (Å²) in [6.07, 6.45) is 0.605. The van der Waals surface area contributed by atoms with Gasteiger partial charge in [0.25, 0.3) is 0 Å². The number of amides is 1. The molecule has 5 heteroatoms. The molecule has 1 amide bonds. The standard InChI is InChI=1S/C13H19FN2O2/c1-3-12(15)13(17)16(2)7-8-18-11-6-4-5-10(14)9-11/h4-6,9,12H,3,7-8,15H2,1-2H3/t12-/m1/s1. The van der Waals surface area contributed by atoms with Gasteiger partial charge < -0.3 is 15.4 Å². The average molecular weight is 254 g/mol. The molecule has 0 bridgehead atoms. The summed E-state index contributed by atoms with van der Waals surface area (Å²) >= 11 is 0. The number of ether oxygens (including phenoxy) is 1. The lowest BCUT2D eigenvalue weighted by atomic mass is 10.2. The lowest BCUT2D eigenvalue weighted by Gasteiger charge is -2.20. The number of likely N-dealkylation sites (N-methyl/N-ethyl adjacent to an activating group) is 1. The van der Waals surface area contributed by atoms with Crippen LogP contribution in [0.2, 0.25) is 0 Å². The second-order valence-corrected chi connectivity index (χ2v) is 4.08. The molecule has 0 saturated carbocycles. The van der Waals surface area contributed by atoms with Crippen LogP contribution in [0.1, 0.15) is 13.3 Å². The van der Waals surface area contributed by atoms with E-state index in [4.69, 9.17) is 10.5 Å². The Hall–Kier alpha value is -1.62. The minimum atomic E-state index is -0.468. The number of nitrogens with two attached hydrogens (primary N) is 1. The lowest BCUT2D eigenvalue weighted by molar-refractivity contribution is -0.131. The zero-order chi connectivity index (χ0) is 13.5. The molecule has 1 aromatic carbocycles. The van der Waals surface area contributed by atoms with Gasteiger partial charge in [-0.2, -0.15) is 0 Å². The summed E-state index contributed by atoms with van der Waals surface area (Å²) in [6, 6.07) is 5.43. The molecule has 0 fully saturated rings. The van der Waals surface area contributed by atoms with E-state index in [0.29, 0.717) is 25.3 Å². The van der Waals surface area contributed by atoms with Crippen LogP contribution in [0.4, 0.5) is 4.39 Å². The topological polar surface area (TPSA) is 55.6 Å². The molecule has 18 heavy (non-hydrogen) atoms. The van der Waals surface area contributed by atoms with Crippen LogP contribution < -0.4 is 10.5 Å². The number of halogens is 1. The fourth-order valence-corrected chi connectivity index (χ4v) is 1.43. The first kappa shape index (κ1) is 14.4. The van der Waals surface area contributed by atoms with Gasteiger partial charge >= 0.3 is 0 Å². The first-order valence-electron chi connectivity index (χ1n) is 5.93. The van der Waals surface area contributed by atoms with Crippen LogP contribution in [0, 0.1) is 5.82 Å². The number of hydrogen-bond acceptors (Lipinski definition) is 3. The van der Waals surface area contributed by atoms with Crippen molar-refractivity contribution in [2.75, 3.05) is 20.2 Å². The maximum atomic E-state index is 12.9. The Kier molecular flexibility index (Phi) is 5.58. The van der Waals surface area contributed by atoms with Crippen molar-refractivity contribution < 1.29 is 13.9 Å². The summed E-state index contributed by atoms with van der Waals surface area (Å²) in [7, 11) is 1.67. The summed E-state index contributed by atoms with van der Waals surface area (Å²) in [5.74, 6) is 0.000849. The fourth-order valence-electron chi connectivity index (χ4n) is 1.43. The summed E-state index contributed by atoms with van der Waals surface area (Å²) in [5, 5.41) is 0. The van der Waals surface area contributed by atoms with Crippen LogP contribution in [0.3, 0.4) is 0 Å². The van der Waals surface area contributed by atoms with Gasteiger partial charge in [0.2, 0.25) is 5.91 Å². The van der Waals surface area contributed by atoms with Crippen LogP contribution in [0.25, 0.3) is 0 Å². The Labute approximate surface area is 107 Å². The van der Waals surface area contributed by atoms with Crippen molar-refractivity contribution in [2.45, 2.75) is 19.4 Å². The van der Waals surface area contributed by atoms with E-state index >= 15 is 0 Å². The molecule has 0 aromatic heterocycles. The van der Waals surface area contributed by atoms with Gasteiger partial charge in [0.05, 0.1) is 12.6 Å². The van der Waals surface area contributed by atoms with Crippen molar-refractivity contribution >= 4 is 5.91 Å². The number of hydrogen-bond donors (Lipinski definition) is 1. The molecule has 1 aromatic rings. The number of nitrogens with zero attached hydrogens (tertiary/aromatic N) is 1. The van der Waals surface area contributed by atoms with Gasteiger partial charge in [0.1, 0.15) is 18.2 Å². The van der Waals surface area contributed by atoms with Crippen LogP contribution in [-0.2, 0) is 4.79 Å². The minimum absolute atomic E-state index is 0.111. The Morgan fingerprint density at radius 3 is 2.89 bits per heavy atom. The van der Waals surface area contributed by atoms with Gasteiger partial charge in [0, 0.05) is 13.1 Å². The SMILES string of the molecule is CC[C@@H](N)C(=O)N(C)CCOc1cccc(F)c1. The van der Waals surface area contributed by atoms with Gasteiger partial charge in [-0.3, -0.25) is 4.79 Å². The Morgan fingerprint density at radius 1 is 1.56 bits per heavy atom. The number of benzene rings is 1. The second kappa shape index (κ2) is 6.96. The maximum absolute atomic E-state index is 12.9. The maximum Gasteiger partial charge on any atom is 0.239 e. The number of carbonyl (C=O) groups excluding carboxylic acids is 1. The first-order chi connectivity index (χ1) is 8.54. The second-order valence-electron chi connectivity index (χ2n) is 4.08. The van der Waals surface area contributed by atoms with E-state index in [-0.39, 0.29) is 11.7 Å². The van der Waals surface area contributed by atoms with Crippen molar-refractivity contribution in [2.24, 2.45) is 5.73 Å². The average Bonchev–Trinajstić information content (AvgIpc) is 2.36. The molecule has 4 nitrogen and oxygen atoms in total. The van der Waals surface area contributed by atoms with Crippen molar-refractivity contribution in [3.63, 3.8) is 0 Å². The monoisotopic (exact) mass is 254 g/mol. The van der Waals surface area contributed by atoms with E-state index in [2.05, 4.69) is 0 Å². The van der Waals surface area contributed by atoms with Crippen molar-refractivity contribution in [1.82, 2.24) is 4.90 Å². The van der Waals surface area contributed by atoms with Crippen LogP contribution >= 0.6 is 0 Å². The van der Waals surface area contributed by atoms with Crippen LogP contribution in [0.15, 0.2) is 24.3 Å². The number of carbonyl (C=O) groups is 1. The molecule has 0 aliphatic heterocycles. The lowest BCUT2D eigenvalue weighted by Crippen LogP contribution is -2.42. The van der Waals surface area contributed by atoms with Crippen molar-refractivity contribution in [3.05, 3.63) is 30.1 Å². The van der Waals surface area contributed by atoms with Crippen LogP contribution in [-0.4, -0.2) is 37.0 Å². The molecule has 0 saturated heterocycles. The smallest absolute Gasteiger partial charge is 0.239 e. The third kappa shape index (κ3) is 4.33. The highest BCUT2D eigenvalue weighted by Gasteiger charge is 2.15. The molecule has 0 aliphatic rings. The van der Waals surface area contributed by atoms with E-state index in [1.165, 1.54) is 17.0 Å². The predicted molar refractivity (Wildman–Crippen MR) is 67.8 cm³/mol. The fraction of sp³-hybridized carbons (Fsp3) is 0.462. The van der Waals surface area contributed by atoms with Gasteiger partial charge in [0.15, 0.2) is 0 Å². The molecule has 1 atom stereocenters. The molecular formula is C13H19FN2O2. The zero-order valence-electron chi connectivity index (χ0n) is 10.7. The summed E-state index contributed by atoms with van der Waals surface area (Å²) in [6.45, 7) is 2.59. The van der Waals surface area contributed by atoms with Gasteiger partial charge in [-0.05, 0) is 18.6 Å². The Balaban J connectivity index is 2.35. The van der Waals surface area contributed by atoms with Gasteiger partial charge in [-0.25, -0.2) is 4.39 Å².